The third-order valence-corrected chi connectivity index (χ3v) is 5.48. The van der Waals surface area contributed by atoms with Crippen LogP contribution in [-0.2, 0) is 4.74 Å². The SMILES string of the molecule is CN1CCN(CCN)CC1.NCCN1CCCCC1.NCCN1CCOCC1. The van der Waals surface area contributed by atoms with Crippen LogP contribution in [0.15, 0.2) is 0 Å². The summed E-state index contributed by atoms with van der Waals surface area (Å²) in [6.07, 6.45) is 4.17. The van der Waals surface area contributed by atoms with Gasteiger partial charge in [-0.15, -0.1) is 0 Å². The van der Waals surface area contributed by atoms with Crippen molar-refractivity contribution in [1.29, 1.82) is 0 Å². The molecule has 0 unspecified atom stereocenters. The van der Waals surface area contributed by atoms with Crippen LogP contribution in [0.1, 0.15) is 19.3 Å². The molecule has 3 fully saturated rings. The first-order valence-corrected chi connectivity index (χ1v) is 11.2. The van der Waals surface area contributed by atoms with Crippen molar-refractivity contribution in [2.75, 3.05) is 112 Å². The van der Waals surface area contributed by atoms with Gasteiger partial charge in [-0.25, -0.2) is 0 Å². The predicted molar refractivity (Wildman–Crippen MR) is 119 cm³/mol. The number of piperidine rings is 1. The second kappa shape index (κ2) is 17.5. The van der Waals surface area contributed by atoms with Gasteiger partial charge < -0.3 is 31.7 Å². The Morgan fingerprint density at radius 3 is 1.46 bits per heavy atom. The summed E-state index contributed by atoms with van der Waals surface area (Å²) in [4.78, 5) is 9.54. The fourth-order valence-electron chi connectivity index (χ4n) is 3.63. The summed E-state index contributed by atoms with van der Waals surface area (Å²) in [5.41, 5.74) is 16.2. The van der Waals surface area contributed by atoms with Gasteiger partial charge in [-0.1, -0.05) is 6.42 Å². The molecule has 0 aliphatic carbocycles. The van der Waals surface area contributed by atoms with Gasteiger partial charge in [-0.2, -0.15) is 0 Å². The number of likely N-dealkylation sites (tertiary alicyclic amines) is 1. The molecule has 0 aromatic carbocycles. The fraction of sp³-hybridized carbons (Fsp3) is 1.00. The molecule has 0 bridgehead atoms. The number of morpholine rings is 1. The highest BCUT2D eigenvalue weighted by molar-refractivity contribution is 4.68. The molecule has 28 heavy (non-hydrogen) atoms. The van der Waals surface area contributed by atoms with Crippen molar-refractivity contribution in [1.82, 2.24) is 19.6 Å². The molecule has 0 aromatic rings. The van der Waals surface area contributed by atoms with Crippen molar-refractivity contribution in [2.24, 2.45) is 17.2 Å². The number of rotatable bonds is 6. The van der Waals surface area contributed by atoms with Crippen molar-refractivity contribution in [3.8, 4) is 0 Å². The summed E-state index contributed by atoms with van der Waals surface area (Å²) < 4.78 is 5.16. The molecule has 168 valence electrons. The molecule has 3 heterocycles. The van der Waals surface area contributed by atoms with Gasteiger partial charge in [0.25, 0.3) is 0 Å². The van der Waals surface area contributed by atoms with E-state index in [9.17, 15) is 0 Å². The van der Waals surface area contributed by atoms with E-state index in [-0.39, 0.29) is 0 Å². The number of likely N-dealkylation sites (N-methyl/N-ethyl adjacent to an activating group) is 1. The van der Waals surface area contributed by atoms with Crippen LogP contribution in [0.3, 0.4) is 0 Å². The number of hydrogen-bond donors (Lipinski definition) is 3. The molecule has 3 rings (SSSR count). The fourth-order valence-corrected chi connectivity index (χ4v) is 3.63. The third-order valence-electron chi connectivity index (χ3n) is 5.48. The molecule has 0 radical (unpaired) electrons. The van der Waals surface area contributed by atoms with Gasteiger partial charge in [0.15, 0.2) is 0 Å². The summed E-state index contributed by atoms with van der Waals surface area (Å²) in [5.74, 6) is 0. The van der Waals surface area contributed by atoms with Crippen molar-refractivity contribution >= 4 is 0 Å². The lowest BCUT2D eigenvalue weighted by Gasteiger charge is -2.31. The summed E-state index contributed by atoms with van der Waals surface area (Å²) in [7, 11) is 2.17. The summed E-state index contributed by atoms with van der Waals surface area (Å²) >= 11 is 0. The molecule has 3 aliphatic rings. The maximum atomic E-state index is 5.44. The average molecular weight is 402 g/mol. The second-order valence-corrected chi connectivity index (χ2v) is 7.87. The topological polar surface area (TPSA) is 100 Å². The minimum absolute atomic E-state index is 0.764. The Morgan fingerprint density at radius 2 is 1.00 bits per heavy atom. The highest BCUT2D eigenvalue weighted by Gasteiger charge is 2.11. The van der Waals surface area contributed by atoms with E-state index in [4.69, 9.17) is 21.9 Å². The van der Waals surface area contributed by atoms with Gasteiger partial charge in [0.1, 0.15) is 0 Å². The van der Waals surface area contributed by atoms with Crippen LogP contribution in [0, 0.1) is 0 Å². The van der Waals surface area contributed by atoms with Crippen molar-refractivity contribution < 1.29 is 4.74 Å². The van der Waals surface area contributed by atoms with E-state index in [2.05, 4.69) is 26.6 Å². The number of hydrogen-bond acceptors (Lipinski definition) is 8. The van der Waals surface area contributed by atoms with E-state index in [0.717, 1.165) is 65.6 Å². The summed E-state index contributed by atoms with van der Waals surface area (Å²) in [5, 5.41) is 0. The van der Waals surface area contributed by atoms with Crippen LogP contribution in [0.5, 0.6) is 0 Å². The van der Waals surface area contributed by atoms with Gasteiger partial charge in [0.2, 0.25) is 0 Å². The Balaban J connectivity index is 0.000000210. The molecular formula is C20H47N7O. The molecule has 6 N–H and O–H groups in total. The minimum Gasteiger partial charge on any atom is -0.379 e. The van der Waals surface area contributed by atoms with E-state index >= 15 is 0 Å². The van der Waals surface area contributed by atoms with Crippen LogP contribution >= 0.6 is 0 Å². The Kier molecular flexibility index (Phi) is 16.1. The lowest BCUT2D eigenvalue weighted by atomic mass is 10.1. The first-order chi connectivity index (χ1) is 13.7. The zero-order valence-corrected chi connectivity index (χ0v) is 18.4. The molecule has 8 heteroatoms. The average Bonchev–Trinajstić information content (AvgIpc) is 2.73. The predicted octanol–water partition coefficient (Wildman–Crippen LogP) is -1.10. The molecule has 8 nitrogen and oxygen atoms in total. The molecule has 3 aliphatic heterocycles. The third kappa shape index (κ3) is 13.0. The molecule has 0 spiro atoms. The second-order valence-electron chi connectivity index (χ2n) is 7.87. The summed E-state index contributed by atoms with van der Waals surface area (Å²) in [6.45, 7) is 16.7. The molecule has 0 amide bonds. The molecule has 0 saturated carbocycles. The highest BCUT2D eigenvalue weighted by atomic mass is 16.5. The Bertz CT molecular complexity index is 303. The van der Waals surface area contributed by atoms with Crippen LogP contribution in [0.25, 0.3) is 0 Å². The molecule has 0 aromatic heterocycles. The van der Waals surface area contributed by atoms with Gasteiger partial charge in [0.05, 0.1) is 13.2 Å². The number of ether oxygens (including phenoxy) is 1. The van der Waals surface area contributed by atoms with Crippen LogP contribution < -0.4 is 17.2 Å². The monoisotopic (exact) mass is 401 g/mol. The quantitative estimate of drug-likeness (QED) is 0.516. The maximum absolute atomic E-state index is 5.44. The van der Waals surface area contributed by atoms with E-state index in [0.29, 0.717) is 0 Å². The van der Waals surface area contributed by atoms with Gasteiger partial charge in [-0.3, -0.25) is 9.80 Å². The largest absolute Gasteiger partial charge is 0.379 e. The van der Waals surface area contributed by atoms with Crippen LogP contribution in [0.2, 0.25) is 0 Å². The van der Waals surface area contributed by atoms with Crippen molar-refractivity contribution in [3.63, 3.8) is 0 Å². The van der Waals surface area contributed by atoms with Crippen molar-refractivity contribution in [2.45, 2.75) is 19.3 Å². The maximum Gasteiger partial charge on any atom is 0.0594 e. The lowest BCUT2D eigenvalue weighted by molar-refractivity contribution is 0.0394. The van der Waals surface area contributed by atoms with Gasteiger partial charge >= 0.3 is 0 Å². The zero-order valence-electron chi connectivity index (χ0n) is 18.4. The first-order valence-electron chi connectivity index (χ1n) is 11.2. The van der Waals surface area contributed by atoms with E-state index in [1.165, 1.54) is 58.5 Å². The van der Waals surface area contributed by atoms with Crippen LogP contribution in [0.4, 0.5) is 0 Å². The summed E-state index contributed by atoms with van der Waals surface area (Å²) in [6, 6.07) is 0. The molecular weight excluding hydrogens is 354 g/mol. The standard InChI is InChI=1S/C7H17N3.C7H16N2.C6H14N2O/c1-9-4-6-10(3-2-8)7-5-9;8-4-7-9-5-2-1-3-6-9;7-1-2-8-3-5-9-6-4-8/h2-8H2,1H3;1-8H2;1-7H2. The molecule has 0 atom stereocenters. The zero-order chi connectivity index (χ0) is 20.5. The number of nitrogens with zero attached hydrogens (tertiary/aromatic N) is 4. The lowest BCUT2D eigenvalue weighted by Crippen LogP contribution is -2.45. The van der Waals surface area contributed by atoms with E-state index in [1.807, 2.05) is 0 Å². The number of piperazine rings is 1. The molecule has 3 saturated heterocycles. The highest BCUT2D eigenvalue weighted by Crippen LogP contribution is 2.06. The smallest absolute Gasteiger partial charge is 0.0594 e. The Hall–Kier alpha value is -0.320. The normalized spacial score (nSPS) is 22.7. The van der Waals surface area contributed by atoms with E-state index in [1.54, 1.807) is 0 Å². The van der Waals surface area contributed by atoms with Crippen molar-refractivity contribution in [3.05, 3.63) is 0 Å². The Morgan fingerprint density at radius 1 is 0.571 bits per heavy atom. The Labute approximate surface area is 173 Å². The number of nitrogens with two attached hydrogens (primary N) is 3. The van der Waals surface area contributed by atoms with Crippen LogP contribution in [-0.4, -0.2) is 131 Å². The van der Waals surface area contributed by atoms with Gasteiger partial charge in [0, 0.05) is 78.5 Å². The van der Waals surface area contributed by atoms with Gasteiger partial charge in [-0.05, 0) is 33.0 Å². The van der Waals surface area contributed by atoms with E-state index < -0.39 is 0 Å². The minimum atomic E-state index is 0.764. The first kappa shape index (κ1) is 25.7.